The highest BCUT2D eigenvalue weighted by atomic mass is 35.5. The first-order valence-corrected chi connectivity index (χ1v) is 8.36. The van der Waals surface area contributed by atoms with Crippen LogP contribution >= 0.6 is 11.6 Å². The molecule has 1 aliphatic rings. The minimum Gasteiger partial charge on any atom is -0.397 e. The zero-order valence-electron chi connectivity index (χ0n) is 11.7. The second kappa shape index (κ2) is 5.89. The van der Waals surface area contributed by atoms with Gasteiger partial charge in [0.25, 0.3) is 0 Å². The van der Waals surface area contributed by atoms with E-state index in [2.05, 4.69) is 0 Å². The van der Waals surface area contributed by atoms with Crippen LogP contribution in [0.15, 0.2) is 23.1 Å². The van der Waals surface area contributed by atoms with E-state index in [1.807, 2.05) is 19.0 Å². The summed E-state index contributed by atoms with van der Waals surface area (Å²) >= 11 is 5.85. The van der Waals surface area contributed by atoms with Crippen LogP contribution in [0.25, 0.3) is 0 Å². The van der Waals surface area contributed by atoms with Crippen molar-refractivity contribution in [1.82, 2.24) is 9.21 Å². The monoisotopic (exact) mass is 317 g/mol. The Morgan fingerprint density at radius 3 is 2.75 bits per heavy atom. The van der Waals surface area contributed by atoms with Crippen molar-refractivity contribution in [3.8, 4) is 0 Å². The quantitative estimate of drug-likeness (QED) is 0.857. The van der Waals surface area contributed by atoms with Gasteiger partial charge in [-0.2, -0.15) is 4.31 Å². The van der Waals surface area contributed by atoms with Crippen LogP contribution in [0.2, 0.25) is 5.02 Å². The van der Waals surface area contributed by atoms with Gasteiger partial charge >= 0.3 is 0 Å². The maximum atomic E-state index is 12.7. The highest BCUT2D eigenvalue weighted by Crippen LogP contribution is 2.29. The molecule has 1 aromatic carbocycles. The molecular weight excluding hydrogens is 298 g/mol. The number of nitrogens with zero attached hydrogens (tertiary/aromatic N) is 2. The molecule has 1 saturated heterocycles. The third-order valence-electron chi connectivity index (χ3n) is 3.47. The van der Waals surface area contributed by atoms with E-state index < -0.39 is 10.0 Å². The Labute approximate surface area is 125 Å². The lowest BCUT2D eigenvalue weighted by Crippen LogP contribution is -2.41. The van der Waals surface area contributed by atoms with E-state index >= 15 is 0 Å². The molecule has 1 aromatic rings. The van der Waals surface area contributed by atoms with Crippen LogP contribution in [0, 0.1) is 0 Å². The fraction of sp³-hybridized carbons (Fsp3) is 0.538. The first-order valence-electron chi connectivity index (χ1n) is 6.54. The molecular formula is C13H20ClN3O2S. The largest absolute Gasteiger partial charge is 0.397 e. The fourth-order valence-electron chi connectivity index (χ4n) is 2.55. The highest BCUT2D eigenvalue weighted by molar-refractivity contribution is 7.89. The Morgan fingerprint density at radius 2 is 2.15 bits per heavy atom. The van der Waals surface area contributed by atoms with Gasteiger partial charge in [-0.1, -0.05) is 11.6 Å². The van der Waals surface area contributed by atoms with Crippen LogP contribution in [0.1, 0.15) is 12.8 Å². The van der Waals surface area contributed by atoms with Gasteiger partial charge in [0.2, 0.25) is 10.0 Å². The van der Waals surface area contributed by atoms with Crippen LogP contribution in [0.5, 0.6) is 0 Å². The third kappa shape index (κ3) is 3.09. The molecule has 1 heterocycles. The normalized spacial score (nSPS) is 20.7. The van der Waals surface area contributed by atoms with E-state index in [4.69, 9.17) is 17.3 Å². The molecule has 1 atom stereocenters. The van der Waals surface area contributed by atoms with Gasteiger partial charge in [-0.05, 0) is 45.1 Å². The second-order valence-electron chi connectivity index (χ2n) is 5.36. The summed E-state index contributed by atoms with van der Waals surface area (Å²) in [5, 5.41) is 0.371. The van der Waals surface area contributed by atoms with Crippen molar-refractivity contribution in [3.05, 3.63) is 23.2 Å². The molecule has 5 nitrogen and oxygen atoms in total. The Bertz CT molecular complexity index is 589. The van der Waals surface area contributed by atoms with Crippen LogP contribution in [-0.4, -0.2) is 50.8 Å². The Morgan fingerprint density at radius 1 is 1.45 bits per heavy atom. The van der Waals surface area contributed by atoms with Gasteiger partial charge in [-0.25, -0.2) is 8.42 Å². The van der Waals surface area contributed by atoms with E-state index in [0.717, 1.165) is 19.4 Å². The zero-order chi connectivity index (χ0) is 14.9. The summed E-state index contributed by atoms with van der Waals surface area (Å²) in [6.45, 7) is 1.28. The minimum absolute atomic E-state index is 0.0203. The van der Waals surface area contributed by atoms with Crippen molar-refractivity contribution in [2.24, 2.45) is 0 Å². The van der Waals surface area contributed by atoms with Crippen LogP contribution in [0.3, 0.4) is 0 Å². The molecule has 112 valence electrons. The zero-order valence-corrected chi connectivity index (χ0v) is 13.3. The number of halogens is 1. The number of rotatable bonds is 4. The standard InChI is InChI=1S/C13H20ClN3O2S/c1-16(2)9-10-4-3-7-17(10)20(18,19)11-5-6-12(14)13(15)8-11/h5-6,8,10H,3-4,7,9,15H2,1-2H3. The molecule has 0 spiro atoms. The van der Waals surface area contributed by atoms with Crippen molar-refractivity contribution < 1.29 is 8.42 Å². The Balaban J connectivity index is 2.31. The van der Waals surface area contributed by atoms with Gasteiger partial charge in [0.15, 0.2) is 0 Å². The smallest absolute Gasteiger partial charge is 0.243 e. The summed E-state index contributed by atoms with van der Waals surface area (Å²) in [5.74, 6) is 0. The maximum absolute atomic E-state index is 12.7. The van der Waals surface area contributed by atoms with E-state index in [1.165, 1.54) is 18.2 Å². The molecule has 1 fully saturated rings. The maximum Gasteiger partial charge on any atom is 0.243 e. The van der Waals surface area contributed by atoms with Gasteiger partial charge in [0, 0.05) is 19.1 Å². The molecule has 2 rings (SSSR count). The molecule has 0 amide bonds. The number of hydrogen-bond donors (Lipinski definition) is 1. The molecule has 0 radical (unpaired) electrons. The lowest BCUT2D eigenvalue weighted by atomic mass is 10.2. The number of likely N-dealkylation sites (N-methyl/N-ethyl adjacent to an activating group) is 1. The van der Waals surface area contributed by atoms with Crippen molar-refractivity contribution >= 4 is 27.3 Å². The number of benzene rings is 1. The molecule has 20 heavy (non-hydrogen) atoms. The second-order valence-corrected chi connectivity index (χ2v) is 7.66. The summed E-state index contributed by atoms with van der Waals surface area (Å²) in [6.07, 6.45) is 1.78. The molecule has 0 bridgehead atoms. The van der Waals surface area contributed by atoms with Gasteiger partial charge in [-0.3, -0.25) is 0 Å². The Hall–Kier alpha value is -0.820. The van der Waals surface area contributed by atoms with Gasteiger partial charge in [0.1, 0.15) is 0 Å². The number of anilines is 1. The molecule has 1 aliphatic heterocycles. The number of hydrogen-bond acceptors (Lipinski definition) is 4. The Kier molecular flexibility index (Phi) is 4.59. The van der Waals surface area contributed by atoms with E-state index in [1.54, 1.807) is 4.31 Å². The average molecular weight is 318 g/mol. The summed E-state index contributed by atoms with van der Waals surface area (Å²) < 4.78 is 27.0. The van der Waals surface area contributed by atoms with Crippen molar-refractivity contribution in [1.29, 1.82) is 0 Å². The first-order chi connectivity index (χ1) is 9.32. The molecule has 0 aliphatic carbocycles. The molecule has 2 N–H and O–H groups in total. The van der Waals surface area contributed by atoms with E-state index in [-0.39, 0.29) is 16.6 Å². The lowest BCUT2D eigenvalue weighted by Gasteiger charge is -2.26. The number of nitrogens with two attached hydrogens (primary N) is 1. The van der Waals surface area contributed by atoms with Crippen LogP contribution in [0.4, 0.5) is 5.69 Å². The minimum atomic E-state index is -3.50. The van der Waals surface area contributed by atoms with E-state index in [9.17, 15) is 8.42 Å². The molecule has 7 heteroatoms. The van der Waals surface area contributed by atoms with Gasteiger partial charge in [0.05, 0.1) is 15.6 Å². The molecule has 1 unspecified atom stereocenters. The third-order valence-corrected chi connectivity index (χ3v) is 5.77. The fourth-order valence-corrected chi connectivity index (χ4v) is 4.39. The average Bonchev–Trinajstić information content (AvgIpc) is 2.80. The number of nitrogen functional groups attached to an aromatic ring is 1. The van der Waals surface area contributed by atoms with Crippen molar-refractivity contribution in [3.63, 3.8) is 0 Å². The summed E-state index contributed by atoms with van der Waals surface area (Å²) in [6, 6.07) is 4.50. The van der Waals surface area contributed by atoms with Crippen molar-refractivity contribution in [2.45, 2.75) is 23.8 Å². The predicted molar refractivity (Wildman–Crippen MR) is 81.3 cm³/mol. The van der Waals surface area contributed by atoms with Crippen molar-refractivity contribution in [2.75, 3.05) is 32.9 Å². The predicted octanol–water partition coefficient (Wildman–Crippen LogP) is 1.64. The SMILES string of the molecule is CN(C)CC1CCCN1S(=O)(=O)c1ccc(Cl)c(N)c1. The number of sulfonamides is 1. The highest BCUT2D eigenvalue weighted by Gasteiger charge is 2.35. The summed E-state index contributed by atoms with van der Waals surface area (Å²) in [4.78, 5) is 2.22. The van der Waals surface area contributed by atoms with Crippen LogP contribution < -0.4 is 5.73 Å². The summed E-state index contributed by atoms with van der Waals surface area (Å²) in [5.41, 5.74) is 6.00. The van der Waals surface area contributed by atoms with Gasteiger partial charge < -0.3 is 10.6 Å². The topological polar surface area (TPSA) is 66.6 Å². The van der Waals surface area contributed by atoms with E-state index in [0.29, 0.717) is 11.6 Å². The van der Waals surface area contributed by atoms with Gasteiger partial charge in [-0.15, -0.1) is 0 Å². The molecule has 0 saturated carbocycles. The first kappa shape index (κ1) is 15.6. The molecule has 0 aromatic heterocycles. The lowest BCUT2D eigenvalue weighted by molar-refractivity contribution is 0.291. The summed E-state index contributed by atoms with van der Waals surface area (Å²) in [7, 11) is 0.391. The van der Waals surface area contributed by atoms with Crippen LogP contribution in [-0.2, 0) is 10.0 Å².